The van der Waals surface area contributed by atoms with Gasteiger partial charge in [0.2, 0.25) is 5.91 Å². The molecule has 0 saturated carbocycles. The number of benzene rings is 2. The summed E-state index contributed by atoms with van der Waals surface area (Å²) in [6, 6.07) is 8.95. The lowest BCUT2D eigenvalue weighted by atomic mass is 9.82. The first kappa shape index (κ1) is 23.3. The van der Waals surface area contributed by atoms with Gasteiger partial charge in [0, 0.05) is 43.8 Å². The second-order valence-corrected chi connectivity index (χ2v) is 9.40. The van der Waals surface area contributed by atoms with E-state index >= 15 is 0 Å². The highest BCUT2D eigenvalue weighted by Gasteiger charge is 2.43. The van der Waals surface area contributed by atoms with Crippen LogP contribution in [-0.4, -0.2) is 48.2 Å². The van der Waals surface area contributed by atoms with Crippen LogP contribution in [-0.2, 0) is 4.79 Å². The first-order valence-electron chi connectivity index (χ1n) is 11.2. The molecule has 1 fully saturated rings. The molecule has 0 bridgehead atoms. The van der Waals surface area contributed by atoms with Crippen molar-refractivity contribution in [3.63, 3.8) is 0 Å². The first-order chi connectivity index (χ1) is 15.7. The third-order valence-corrected chi connectivity index (χ3v) is 7.03. The number of hydrogen-bond donors (Lipinski definition) is 0. The van der Waals surface area contributed by atoms with Crippen molar-refractivity contribution in [1.29, 1.82) is 0 Å². The van der Waals surface area contributed by atoms with Crippen LogP contribution in [0, 0.1) is 13.8 Å². The Hall–Kier alpha value is -2.86. The number of ether oxygens (including phenoxy) is 2. The summed E-state index contributed by atoms with van der Waals surface area (Å²) in [7, 11) is 1.53. The third kappa shape index (κ3) is 4.76. The van der Waals surface area contributed by atoms with Gasteiger partial charge in [-0.15, -0.1) is 0 Å². The smallest absolute Gasteiger partial charge is 0.223 e. The van der Waals surface area contributed by atoms with Gasteiger partial charge in [0.25, 0.3) is 0 Å². The zero-order chi connectivity index (χ0) is 23.8. The van der Waals surface area contributed by atoms with E-state index in [1.54, 1.807) is 23.1 Å². The Kier molecular flexibility index (Phi) is 6.48. The molecule has 0 aliphatic carbocycles. The quantitative estimate of drug-likeness (QED) is 0.579. The molecule has 0 unspecified atom stereocenters. The van der Waals surface area contributed by atoms with E-state index in [1.165, 1.54) is 7.11 Å². The first-order valence-corrected chi connectivity index (χ1v) is 11.6. The molecule has 1 saturated heterocycles. The average Bonchev–Trinajstić information content (AvgIpc) is 2.79. The predicted octanol–water partition coefficient (Wildman–Crippen LogP) is 4.95. The number of Topliss-reactive ketones (excluding diaryl/α,β-unsaturated/α-hetero) is 2. The second kappa shape index (κ2) is 9.18. The minimum atomic E-state index is -0.591. The zero-order valence-corrected chi connectivity index (χ0v) is 20.0. The van der Waals surface area contributed by atoms with Gasteiger partial charge in [0.05, 0.1) is 24.7 Å². The molecule has 2 aliphatic rings. The average molecular weight is 470 g/mol. The molecule has 174 valence electrons. The lowest BCUT2D eigenvalue weighted by Gasteiger charge is -2.44. The van der Waals surface area contributed by atoms with Crippen LogP contribution in [0.15, 0.2) is 30.3 Å². The van der Waals surface area contributed by atoms with Gasteiger partial charge >= 0.3 is 0 Å². The minimum Gasteiger partial charge on any atom is -0.496 e. The monoisotopic (exact) mass is 469 g/mol. The molecule has 2 aromatic rings. The van der Waals surface area contributed by atoms with Crippen LogP contribution < -0.4 is 9.47 Å². The molecule has 2 heterocycles. The van der Waals surface area contributed by atoms with Crippen LogP contribution >= 0.6 is 11.6 Å². The highest BCUT2D eigenvalue weighted by atomic mass is 35.5. The van der Waals surface area contributed by atoms with E-state index in [2.05, 4.69) is 0 Å². The van der Waals surface area contributed by atoms with E-state index in [9.17, 15) is 14.4 Å². The fraction of sp³-hybridized carbons (Fsp3) is 0.423. The summed E-state index contributed by atoms with van der Waals surface area (Å²) in [6.07, 6.45) is 1.70. The fourth-order valence-electron chi connectivity index (χ4n) is 4.61. The van der Waals surface area contributed by atoms with Gasteiger partial charge in [0.1, 0.15) is 17.1 Å². The molecule has 0 aromatic heterocycles. The summed E-state index contributed by atoms with van der Waals surface area (Å²) in [5, 5.41) is 0.555. The zero-order valence-electron chi connectivity index (χ0n) is 19.2. The number of aryl methyl sites for hydroxylation is 2. The van der Waals surface area contributed by atoms with Crippen LogP contribution in [0.3, 0.4) is 0 Å². The highest BCUT2D eigenvalue weighted by Crippen LogP contribution is 2.41. The molecule has 7 heteroatoms. The number of piperidine rings is 1. The van der Waals surface area contributed by atoms with Crippen molar-refractivity contribution in [2.75, 3.05) is 20.2 Å². The number of hydrogen-bond acceptors (Lipinski definition) is 5. The molecule has 1 amide bonds. The van der Waals surface area contributed by atoms with E-state index < -0.39 is 5.60 Å². The van der Waals surface area contributed by atoms with Crippen molar-refractivity contribution < 1.29 is 23.9 Å². The Morgan fingerprint density at radius 1 is 1.12 bits per heavy atom. The summed E-state index contributed by atoms with van der Waals surface area (Å²) in [4.78, 5) is 40.0. The summed E-state index contributed by atoms with van der Waals surface area (Å²) < 4.78 is 11.6. The second-order valence-electron chi connectivity index (χ2n) is 8.99. The number of carbonyl (C=O) groups excluding carboxylic acids is 3. The number of amides is 1. The number of carbonyl (C=O) groups is 3. The maximum absolute atomic E-state index is 12.8. The summed E-state index contributed by atoms with van der Waals surface area (Å²) in [6.45, 7) is 4.79. The molecule has 33 heavy (non-hydrogen) atoms. The van der Waals surface area contributed by atoms with Crippen molar-refractivity contribution in [2.45, 2.75) is 51.6 Å². The minimum absolute atomic E-state index is 0.0237. The number of ketones is 2. The van der Waals surface area contributed by atoms with Gasteiger partial charge < -0.3 is 14.4 Å². The Balaban J connectivity index is 1.36. The predicted molar refractivity (Wildman–Crippen MR) is 126 cm³/mol. The van der Waals surface area contributed by atoms with Crippen molar-refractivity contribution in [3.05, 3.63) is 57.6 Å². The summed E-state index contributed by atoms with van der Waals surface area (Å²) in [5.41, 5.74) is 2.27. The molecule has 1 spiro atoms. The number of halogens is 1. The van der Waals surface area contributed by atoms with Crippen molar-refractivity contribution >= 4 is 29.1 Å². The maximum atomic E-state index is 12.8. The summed E-state index contributed by atoms with van der Waals surface area (Å²) >= 11 is 6.17. The largest absolute Gasteiger partial charge is 0.496 e. The normalized spacial score (nSPS) is 16.8. The number of rotatable bonds is 5. The van der Waals surface area contributed by atoms with E-state index in [0.29, 0.717) is 53.6 Å². The molecule has 6 nitrogen and oxygen atoms in total. The number of nitrogens with zero attached hydrogens (tertiary/aromatic N) is 1. The van der Waals surface area contributed by atoms with E-state index in [-0.39, 0.29) is 36.7 Å². The van der Waals surface area contributed by atoms with Crippen LogP contribution in [0.25, 0.3) is 0 Å². The van der Waals surface area contributed by atoms with Crippen LogP contribution in [0.1, 0.15) is 63.9 Å². The third-order valence-electron chi connectivity index (χ3n) is 6.62. The van der Waals surface area contributed by atoms with Gasteiger partial charge in [-0.25, -0.2) is 0 Å². The highest BCUT2D eigenvalue weighted by molar-refractivity contribution is 6.31. The standard InChI is InChI=1S/C26H28ClNO5/c1-16-4-6-23(32-3)18(12-16)21(29)5-7-25(31)28-10-8-26(9-11-28)15-22(30)19-14-20(27)17(2)13-24(19)33-26/h4,6,12-14H,5,7-11,15H2,1-3H3. The lowest BCUT2D eigenvalue weighted by molar-refractivity contribution is -0.134. The van der Waals surface area contributed by atoms with Crippen molar-refractivity contribution in [3.8, 4) is 11.5 Å². The lowest BCUT2D eigenvalue weighted by Crippen LogP contribution is -2.52. The molecule has 4 rings (SSSR count). The molecular weight excluding hydrogens is 442 g/mol. The Labute approximate surface area is 198 Å². The number of likely N-dealkylation sites (tertiary alicyclic amines) is 1. The van der Waals surface area contributed by atoms with E-state index in [4.69, 9.17) is 21.1 Å². The van der Waals surface area contributed by atoms with E-state index in [0.717, 1.165) is 11.1 Å². The number of methoxy groups -OCH3 is 1. The maximum Gasteiger partial charge on any atom is 0.223 e. The van der Waals surface area contributed by atoms with E-state index in [1.807, 2.05) is 26.0 Å². The Morgan fingerprint density at radius 3 is 2.55 bits per heavy atom. The molecule has 0 N–H and O–H groups in total. The van der Waals surface area contributed by atoms with Gasteiger partial charge in [0.15, 0.2) is 11.6 Å². The molecule has 2 aliphatic heterocycles. The Morgan fingerprint density at radius 2 is 1.85 bits per heavy atom. The van der Waals surface area contributed by atoms with Crippen molar-refractivity contribution in [2.24, 2.45) is 0 Å². The molecule has 2 aromatic carbocycles. The van der Waals surface area contributed by atoms with Gasteiger partial charge in [-0.3, -0.25) is 14.4 Å². The van der Waals surface area contributed by atoms with Gasteiger partial charge in [-0.05, 0) is 43.7 Å². The summed E-state index contributed by atoms with van der Waals surface area (Å²) in [5.74, 6) is 0.953. The van der Waals surface area contributed by atoms with Crippen molar-refractivity contribution in [1.82, 2.24) is 4.90 Å². The van der Waals surface area contributed by atoms with Crippen LogP contribution in [0.5, 0.6) is 11.5 Å². The van der Waals surface area contributed by atoms with Gasteiger partial charge in [-0.1, -0.05) is 23.2 Å². The molecule has 0 radical (unpaired) electrons. The molecular formula is C26H28ClNO5. The van der Waals surface area contributed by atoms with Crippen LogP contribution in [0.4, 0.5) is 0 Å². The Bertz CT molecular complexity index is 1120. The molecule has 0 atom stereocenters. The SMILES string of the molecule is COc1ccc(C)cc1C(=O)CCC(=O)N1CCC2(CC1)CC(=O)c1cc(Cl)c(C)cc1O2. The van der Waals surface area contributed by atoms with Crippen LogP contribution in [0.2, 0.25) is 5.02 Å². The topological polar surface area (TPSA) is 72.9 Å². The fourth-order valence-corrected chi connectivity index (χ4v) is 4.77. The number of fused-ring (bicyclic) bond motifs is 1. The van der Waals surface area contributed by atoms with Gasteiger partial charge in [-0.2, -0.15) is 0 Å².